The largest absolute Gasteiger partial charge is 0.355 e. The quantitative estimate of drug-likeness (QED) is 0.492. The molecule has 0 bridgehead atoms. The third-order valence-electron chi connectivity index (χ3n) is 1.66. The zero-order valence-electron chi connectivity index (χ0n) is 8.32. The predicted molar refractivity (Wildman–Crippen MR) is 46.5 cm³/mol. The van der Waals surface area contributed by atoms with E-state index in [0.717, 1.165) is 0 Å². The van der Waals surface area contributed by atoms with Crippen molar-refractivity contribution in [3.63, 3.8) is 0 Å². The molecule has 0 aromatic carbocycles. The maximum absolute atomic E-state index is 5.51. The Kier molecular flexibility index (Phi) is 3.77. The molecule has 0 spiro atoms. The van der Waals surface area contributed by atoms with Gasteiger partial charge >= 0.3 is 0 Å². The molecule has 13 heavy (non-hydrogen) atoms. The Hall–Kier alpha value is -0.520. The third kappa shape index (κ3) is 3.80. The van der Waals surface area contributed by atoms with Gasteiger partial charge in [0.2, 0.25) is 0 Å². The average Bonchev–Trinajstić information content (AvgIpc) is 2.40. The lowest BCUT2D eigenvalue weighted by Gasteiger charge is -2.16. The Morgan fingerprint density at radius 3 is 2.85 bits per heavy atom. The summed E-state index contributed by atoms with van der Waals surface area (Å²) in [6.45, 7) is 5.15. The number of rotatable bonds is 4. The summed E-state index contributed by atoms with van der Waals surface area (Å²) in [7, 11) is 1.61. The van der Waals surface area contributed by atoms with Gasteiger partial charge in [0, 0.05) is 7.05 Å². The van der Waals surface area contributed by atoms with Crippen LogP contribution in [0.4, 0.5) is 0 Å². The van der Waals surface area contributed by atoms with Crippen molar-refractivity contribution in [2.45, 2.75) is 25.7 Å². The van der Waals surface area contributed by atoms with Crippen molar-refractivity contribution in [2.75, 3.05) is 27.0 Å². The minimum Gasteiger partial charge on any atom is -0.355 e. The van der Waals surface area contributed by atoms with Gasteiger partial charge in [0.25, 0.3) is 0 Å². The molecule has 0 aromatic rings. The monoisotopic (exact) mass is 188 g/mol. The van der Waals surface area contributed by atoms with Crippen LogP contribution in [-0.2, 0) is 14.2 Å². The van der Waals surface area contributed by atoms with E-state index < -0.39 is 5.79 Å². The molecule has 1 heterocycles. The predicted octanol–water partition coefficient (Wildman–Crippen LogP) is 1.19. The summed E-state index contributed by atoms with van der Waals surface area (Å²) in [6.07, 6.45) is 0.0158. The van der Waals surface area contributed by atoms with Crippen molar-refractivity contribution in [1.29, 1.82) is 0 Å². The summed E-state index contributed by atoms with van der Waals surface area (Å²) >= 11 is 0. The first-order valence-corrected chi connectivity index (χ1v) is 4.29. The van der Waals surface area contributed by atoms with E-state index in [1.165, 1.54) is 0 Å². The van der Waals surface area contributed by atoms with Crippen LogP contribution in [-0.4, -0.2) is 38.9 Å². The first-order chi connectivity index (χ1) is 6.14. The van der Waals surface area contributed by atoms with Gasteiger partial charge in [0.15, 0.2) is 12.5 Å². The number of ether oxygens (including phenoxy) is 3. The van der Waals surface area contributed by atoms with E-state index in [4.69, 9.17) is 14.2 Å². The van der Waals surface area contributed by atoms with Gasteiger partial charge in [-0.3, -0.25) is 0 Å². The van der Waals surface area contributed by atoms with E-state index in [1.54, 1.807) is 7.05 Å². The molecule has 5 heteroatoms. The summed E-state index contributed by atoms with van der Waals surface area (Å²) in [4.78, 5) is 0. The molecule has 5 nitrogen and oxygen atoms in total. The molecule has 0 N–H and O–H groups in total. The second kappa shape index (κ2) is 4.64. The van der Waals surface area contributed by atoms with Gasteiger partial charge in [-0.1, -0.05) is 0 Å². The van der Waals surface area contributed by atoms with Crippen molar-refractivity contribution >= 4 is 0 Å². The molecule has 76 valence electrons. The van der Waals surface area contributed by atoms with Crippen molar-refractivity contribution < 1.29 is 14.2 Å². The molecule has 1 saturated heterocycles. The summed E-state index contributed by atoms with van der Waals surface area (Å²) in [5, 5.41) is 7.23. The van der Waals surface area contributed by atoms with E-state index in [-0.39, 0.29) is 12.8 Å². The fourth-order valence-corrected chi connectivity index (χ4v) is 1.13. The molecular weight excluding hydrogens is 172 g/mol. The third-order valence-corrected chi connectivity index (χ3v) is 1.66. The van der Waals surface area contributed by atoms with Crippen LogP contribution in [0.25, 0.3) is 0 Å². The van der Waals surface area contributed by atoms with Crippen molar-refractivity contribution in [1.82, 2.24) is 0 Å². The van der Waals surface area contributed by atoms with Crippen LogP contribution in [0.5, 0.6) is 0 Å². The van der Waals surface area contributed by atoms with Crippen molar-refractivity contribution in [3.8, 4) is 0 Å². The normalized spacial score (nSPS) is 27.2. The standard InChI is InChI=1S/C8H16N2O3/c1-8(2)12-5-7(13-8)4-11-6-10-9-3/h7H,4-6H2,1-3H3/b10-9+/t7-/m1/s1. The van der Waals surface area contributed by atoms with Crippen LogP contribution in [0.1, 0.15) is 13.8 Å². The molecule has 0 saturated carbocycles. The average molecular weight is 188 g/mol. The topological polar surface area (TPSA) is 52.4 Å². The minimum atomic E-state index is -0.472. The van der Waals surface area contributed by atoms with E-state index in [2.05, 4.69) is 10.2 Å². The van der Waals surface area contributed by atoms with Gasteiger partial charge in [0.05, 0.1) is 13.2 Å². The molecule has 1 fully saturated rings. The smallest absolute Gasteiger partial charge is 0.163 e. The number of hydrogen-bond donors (Lipinski definition) is 0. The Balaban J connectivity index is 2.10. The van der Waals surface area contributed by atoms with Gasteiger partial charge in [-0.25, -0.2) is 0 Å². The molecule has 1 aliphatic heterocycles. The van der Waals surface area contributed by atoms with E-state index in [9.17, 15) is 0 Å². The van der Waals surface area contributed by atoms with Gasteiger partial charge in [-0.2, -0.15) is 10.2 Å². The van der Waals surface area contributed by atoms with Gasteiger partial charge in [-0.05, 0) is 13.8 Å². The van der Waals surface area contributed by atoms with E-state index in [0.29, 0.717) is 13.2 Å². The highest BCUT2D eigenvalue weighted by Crippen LogP contribution is 2.22. The van der Waals surface area contributed by atoms with Crippen molar-refractivity contribution in [3.05, 3.63) is 0 Å². The zero-order valence-corrected chi connectivity index (χ0v) is 8.32. The molecule has 0 unspecified atom stereocenters. The highest BCUT2D eigenvalue weighted by Gasteiger charge is 2.32. The number of azo groups is 1. The molecule has 0 radical (unpaired) electrons. The summed E-state index contributed by atoms with van der Waals surface area (Å²) in [5.74, 6) is -0.472. The summed E-state index contributed by atoms with van der Waals surface area (Å²) in [5.41, 5.74) is 0. The molecule has 0 amide bonds. The van der Waals surface area contributed by atoms with Gasteiger partial charge in [-0.15, -0.1) is 0 Å². The first kappa shape index (κ1) is 10.6. The van der Waals surface area contributed by atoms with E-state index in [1.807, 2.05) is 13.8 Å². The highest BCUT2D eigenvalue weighted by molar-refractivity contribution is 4.69. The summed E-state index contributed by atoms with van der Waals surface area (Å²) < 4.78 is 16.0. The maximum atomic E-state index is 5.51. The zero-order chi connectivity index (χ0) is 9.73. The Bertz CT molecular complexity index is 182. The molecule has 1 atom stereocenters. The van der Waals surface area contributed by atoms with Crippen LogP contribution in [0, 0.1) is 0 Å². The Morgan fingerprint density at radius 2 is 2.31 bits per heavy atom. The van der Waals surface area contributed by atoms with Crippen molar-refractivity contribution in [2.24, 2.45) is 10.2 Å². The number of hydrogen-bond acceptors (Lipinski definition) is 5. The lowest BCUT2D eigenvalue weighted by Crippen LogP contribution is -2.24. The second-order valence-electron chi connectivity index (χ2n) is 3.29. The molecule has 1 aliphatic rings. The van der Waals surface area contributed by atoms with Crippen LogP contribution in [0.2, 0.25) is 0 Å². The van der Waals surface area contributed by atoms with Gasteiger partial charge in [0.1, 0.15) is 6.10 Å². The van der Waals surface area contributed by atoms with Crippen LogP contribution >= 0.6 is 0 Å². The lowest BCUT2D eigenvalue weighted by atomic mass is 10.4. The Morgan fingerprint density at radius 1 is 1.54 bits per heavy atom. The van der Waals surface area contributed by atoms with Gasteiger partial charge < -0.3 is 14.2 Å². The SMILES string of the molecule is C/N=N/COC[C@@H]1COC(C)(C)O1. The fourth-order valence-electron chi connectivity index (χ4n) is 1.13. The first-order valence-electron chi connectivity index (χ1n) is 4.29. The van der Waals surface area contributed by atoms with Crippen LogP contribution < -0.4 is 0 Å². The fraction of sp³-hybridized carbons (Fsp3) is 1.00. The van der Waals surface area contributed by atoms with E-state index >= 15 is 0 Å². The summed E-state index contributed by atoms with van der Waals surface area (Å²) in [6, 6.07) is 0. The highest BCUT2D eigenvalue weighted by atomic mass is 16.7. The molecular formula is C8H16N2O3. The maximum Gasteiger partial charge on any atom is 0.163 e. The second-order valence-corrected chi connectivity index (χ2v) is 3.29. The van der Waals surface area contributed by atoms with Crippen LogP contribution in [0.15, 0.2) is 10.2 Å². The van der Waals surface area contributed by atoms with Crippen LogP contribution in [0.3, 0.4) is 0 Å². The Labute approximate surface area is 78.1 Å². The molecule has 0 aliphatic carbocycles. The molecule has 0 aromatic heterocycles. The minimum absolute atomic E-state index is 0.0158. The number of nitrogens with zero attached hydrogens (tertiary/aromatic N) is 2. The molecule has 1 rings (SSSR count). The lowest BCUT2D eigenvalue weighted by molar-refractivity contribution is -0.144.